The second-order valence-corrected chi connectivity index (χ2v) is 6.45. The van der Waals surface area contributed by atoms with Crippen molar-refractivity contribution < 1.29 is 19.1 Å². The van der Waals surface area contributed by atoms with E-state index in [4.69, 9.17) is 9.47 Å². The van der Waals surface area contributed by atoms with Crippen molar-refractivity contribution in [2.75, 3.05) is 24.8 Å². The third-order valence-electron chi connectivity index (χ3n) is 3.61. The van der Waals surface area contributed by atoms with Gasteiger partial charge in [-0.15, -0.1) is 0 Å². The van der Waals surface area contributed by atoms with Gasteiger partial charge in [-0.3, -0.25) is 4.79 Å². The summed E-state index contributed by atoms with van der Waals surface area (Å²) >= 11 is 1.08. The molecule has 0 radical (unpaired) electrons. The van der Waals surface area contributed by atoms with E-state index >= 15 is 0 Å². The highest BCUT2D eigenvalue weighted by atomic mass is 32.2. The van der Waals surface area contributed by atoms with E-state index in [0.717, 1.165) is 11.8 Å². The molecule has 2 aromatic carbocycles. The molecule has 0 saturated heterocycles. The lowest BCUT2D eigenvalue weighted by atomic mass is 10.1. The molecule has 0 atom stereocenters. The Kier molecular flexibility index (Phi) is 8.12. The minimum absolute atomic E-state index is 0.0477. The van der Waals surface area contributed by atoms with Crippen LogP contribution in [0, 0.1) is 11.3 Å². The summed E-state index contributed by atoms with van der Waals surface area (Å²) in [4.78, 5) is 24.6. The summed E-state index contributed by atoms with van der Waals surface area (Å²) < 4.78 is 10.0. The van der Waals surface area contributed by atoms with Crippen LogP contribution in [0.3, 0.4) is 0 Å². The van der Waals surface area contributed by atoms with Gasteiger partial charge < -0.3 is 14.8 Å². The molecular formula is C21H20N2O4S. The van der Waals surface area contributed by atoms with Crippen LogP contribution in [0.2, 0.25) is 0 Å². The van der Waals surface area contributed by atoms with E-state index in [-0.39, 0.29) is 28.7 Å². The summed E-state index contributed by atoms with van der Waals surface area (Å²) in [5.74, 6) is -0.162. The number of anilines is 1. The van der Waals surface area contributed by atoms with Gasteiger partial charge in [0.2, 0.25) is 0 Å². The molecule has 28 heavy (non-hydrogen) atoms. The van der Waals surface area contributed by atoms with E-state index in [1.165, 1.54) is 0 Å². The molecule has 7 heteroatoms. The van der Waals surface area contributed by atoms with Crippen LogP contribution >= 0.6 is 11.8 Å². The first-order chi connectivity index (χ1) is 13.6. The number of esters is 1. The maximum atomic E-state index is 12.5. The third-order valence-corrected chi connectivity index (χ3v) is 4.61. The van der Waals surface area contributed by atoms with Crippen LogP contribution in [0.4, 0.5) is 5.69 Å². The largest absolute Gasteiger partial charge is 0.497 e. The van der Waals surface area contributed by atoms with Crippen LogP contribution in [0.5, 0.6) is 5.75 Å². The lowest BCUT2D eigenvalue weighted by Crippen LogP contribution is -2.13. The molecule has 1 N–H and O–H groups in total. The van der Waals surface area contributed by atoms with Crippen molar-refractivity contribution in [1.29, 1.82) is 5.26 Å². The number of nitrogens with one attached hydrogen (secondary N) is 1. The fourth-order valence-electron chi connectivity index (χ4n) is 2.21. The zero-order valence-electron chi connectivity index (χ0n) is 15.6. The molecule has 0 aliphatic heterocycles. The van der Waals surface area contributed by atoms with Crippen LogP contribution in [0.15, 0.2) is 65.2 Å². The molecular weight excluding hydrogens is 376 g/mol. The number of rotatable bonds is 9. The highest BCUT2D eigenvalue weighted by molar-refractivity contribution is 8.03. The number of hydrogen-bond acceptors (Lipinski definition) is 7. The topological polar surface area (TPSA) is 88.4 Å². The highest BCUT2D eigenvalue weighted by Gasteiger charge is 2.19. The Balaban J connectivity index is 2.22. The maximum Gasteiger partial charge on any atom is 0.351 e. The lowest BCUT2D eigenvalue weighted by molar-refractivity contribution is -0.138. The van der Waals surface area contributed by atoms with Crippen molar-refractivity contribution >= 4 is 29.2 Å². The first kappa shape index (κ1) is 21.1. The first-order valence-corrected chi connectivity index (χ1v) is 9.51. The number of carbonyl (C=O) groups is 2. The van der Waals surface area contributed by atoms with Crippen molar-refractivity contribution in [3.63, 3.8) is 0 Å². The SMILES string of the molecule is CCOC(=O)C(C#N)=C(Nc1ccccc1)SCC(=O)c1ccc(OC)cc1. The van der Waals surface area contributed by atoms with Gasteiger partial charge in [0, 0.05) is 11.3 Å². The fraction of sp³-hybridized carbons (Fsp3) is 0.190. The third kappa shape index (κ3) is 5.89. The van der Waals surface area contributed by atoms with Crippen LogP contribution in [-0.2, 0) is 9.53 Å². The van der Waals surface area contributed by atoms with Gasteiger partial charge in [-0.25, -0.2) is 4.79 Å². The number of hydrogen-bond donors (Lipinski definition) is 1. The lowest BCUT2D eigenvalue weighted by Gasteiger charge is -2.12. The number of methoxy groups -OCH3 is 1. The van der Waals surface area contributed by atoms with Crippen molar-refractivity contribution in [1.82, 2.24) is 0 Å². The molecule has 0 aliphatic rings. The molecule has 2 aromatic rings. The molecule has 0 spiro atoms. The number of carbonyl (C=O) groups excluding carboxylic acids is 2. The van der Waals surface area contributed by atoms with Crippen LogP contribution in [0.1, 0.15) is 17.3 Å². The zero-order chi connectivity index (χ0) is 20.4. The molecule has 0 heterocycles. The number of Topliss-reactive ketones (excluding diaryl/α,β-unsaturated/α-hetero) is 1. The zero-order valence-corrected chi connectivity index (χ0v) is 16.4. The predicted molar refractivity (Wildman–Crippen MR) is 109 cm³/mol. The fourth-order valence-corrected chi connectivity index (χ4v) is 3.12. The van der Waals surface area contributed by atoms with Gasteiger partial charge in [0.25, 0.3) is 0 Å². The van der Waals surface area contributed by atoms with Crippen molar-refractivity contribution in [3.05, 3.63) is 70.8 Å². The predicted octanol–water partition coefficient (Wildman–Crippen LogP) is 4.02. The van der Waals surface area contributed by atoms with Crippen LogP contribution in [0.25, 0.3) is 0 Å². The molecule has 0 amide bonds. The highest BCUT2D eigenvalue weighted by Crippen LogP contribution is 2.25. The summed E-state index contributed by atoms with van der Waals surface area (Å²) in [7, 11) is 1.55. The number of ether oxygens (including phenoxy) is 2. The van der Waals surface area contributed by atoms with Gasteiger partial charge in [-0.2, -0.15) is 5.26 Å². The van der Waals surface area contributed by atoms with Crippen molar-refractivity contribution in [2.24, 2.45) is 0 Å². The average molecular weight is 396 g/mol. The molecule has 144 valence electrons. The Morgan fingerprint density at radius 2 is 1.79 bits per heavy atom. The minimum Gasteiger partial charge on any atom is -0.497 e. The second kappa shape index (κ2) is 10.8. The summed E-state index contributed by atoms with van der Waals surface area (Å²) in [6.07, 6.45) is 0. The summed E-state index contributed by atoms with van der Waals surface area (Å²) in [5, 5.41) is 12.8. The Morgan fingerprint density at radius 1 is 1.11 bits per heavy atom. The number of ketones is 1. The smallest absolute Gasteiger partial charge is 0.351 e. The average Bonchev–Trinajstić information content (AvgIpc) is 2.73. The number of thioether (sulfide) groups is 1. The van der Waals surface area contributed by atoms with E-state index in [0.29, 0.717) is 17.0 Å². The Morgan fingerprint density at radius 3 is 2.36 bits per heavy atom. The number of para-hydroxylation sites is 1. The second-order valence-electron chi connectivity index (χ2n) is 5.47. The van der Waals surface area contributed by atoms with Gasteiger partial charge in [-0.1, -0.05) is 30.0 Å². The van der Waals surface area contributed by atoms with Gasteiger partial charge >= 0.3 is 5.97 Å². The maximum absolute atomic E-state index is 12.5. The Hall–Kier alpha value is -3.24. The van der Waals surface area contributed by atoms with Crippen LogP contribution in [-0.4, -0.2) is 31.2 Å². The molecule has 0 saturated carbocycles. The summed E-state index contributed by atoms with van der Waals surface area (Å²) in [5.41, 5.74) is 1.04. The summed E-state index contributed by atoms with van der Waals surface area (Å²) in [6, 6.07) is 17.7. The molecule has 0 aliphatic carbocycles. The molecule has 0 aromatic heterocycles. The van der Waals surface area contributed by atoms with Crippen molar-refractivity contribution in [3.8, 4) is 11.8 Å². The van der Waals surface area contributed by atoms with E-state index in [9.17, 15) is 14.9 Å². The number of benzene rings is 2. The Bertz CT molecular complexity index is 887. The monoisotopic (exact) mass is 396 g/mol. The summed E-state index contributed by atoms with van der Waals surface area (Å²) in [6.45, 7) is 1.82. The molecule has 0 unspecified atom stereocenters. The standard InChI is InChI=1S/C21H20N2O4S/c1-3-27-21(25)18(13-22)20(23-16-7-5-4-6-8-16)28-14-19(24)15-9-11-17(26-2)12-10-15/h4-12,23H,3,14H2,1-2H3. The first-order valence-electron chi connectivity index (χ1n) is 8.52. The quantitative estimate of drug-likeness (QED) is 0.296. The Labute approximate surface area is 168 Å². The van der Waals surface area contributed by atoms with E-state index < -0.39 is 5.97 Å². The van der Waals surface area contributed by atoms with Gasteiger partial charge in [0.1, 0.15) is 11.8 Å². The molecule has 2 rings (SSSR count). The molecule has 6 nitrogen and oxygen atoms in total. The van der Waals surface area contributed by atoms with Gasteiger partial charge in [0.15, 0.2) is 11.4 Å². The minimum atomic E-state index is -0.729. The van der Waals surface area contributed by atoms with Crippen molar-refractivity contribution in [2.45, 2.75) is 6.92 Å². The van der Waals surface area contributed by atoms with E-state index in [2.05, 4.69) is 5.32 Å². The molecule has 0 bridgehead atoms. The van der Waals surface area contributed by atoms with E-state index in [1.807, 2.05) is 24.3 Å². The normalized spacial score (nSPS) is 11.0. The number of nitrogens with zero attached hydrogens (tertiary/aromatic N) is 1. The van der Waals surface area contributed by atoms with Gasteiger partial charge in [0.05, 0.1) is 24.5 Å². The van der Waals surface area contributed by atoms with Gasteiger partial charge in [-0.05, 0) is 43.3 Å². The van der Waals surface area contributed by atoms with Crippen LogP contribution < -0.4 is 10.1 Å². The van der Waals surface area contributed by atoms with E-state index in [1.54, 1.807) is 50.4 Å². The molecule has 0 fully saturated rings. The number of nitriles is 1.